The lowest BCUT2D eigenvalue weighted by Gasteiger charge is -2.44. The number of fused-ring (bicyclic) bond motifs is 2. The maximum absolute atomic E-state index is 4.11. The minimum atomic E-state index is 0.514. The van der Waals surface area contributed by atoms with Crippen LogP contribution in [0.1, 0.15) is 59.3 Å². The molecule has 1 aliphatic heterocycles. The molecule has 1 heterocycles. The van der Waals surface area contributed by atoms with Crippen LogP contribution in [-0.4, -0.2) is 36.1 Å². The number of hydrogen-bond acceptors (Lipinski definition) is 2. The van der Waals surface area contributed by atoms with Crippen molar-refractivity contribution < 1.29 is 0 Å². The zero-order chi connectivity index (χ0) is 13.3. The summed E-state index contributed by atoms with van der Waals surface area (Å²) in [5.74, 6) is 0.968. The van der Waals surface area contributed by atoms with E-state index in [2.05, 4.69) is 31.0 Å². The van der Waals surface area contributed by atoms with Gasteiger partial charge in [-0.3, -0.25) is 4.90 Å². The first-order valence-corrected chi connectivity index (χ1v) is 8.49. The van der Waals surface area contributed by atoms with E-state index in [1.807, 2.05) is 0 Å². The molecule has 0 amide bonds. The molecule has 2 bridgehead atoms. The zero-order valence-electron chi connectivity index (χ0n) is 12.9. The first kappa shape index (κ1) is 12.6. The third-order valence-electron chi connectivity index (χ3n) is 6.96. The Morgan fingerprint density at radius 2 is 1.84 bits per heavy atom. The highest BCUT2D eigenvalue weighted by Crippen LogP contribution is 2.62. The maximum atomic E-state index is 4.11. The molecular formula is C17H30N2. The summed E-state index contributed by atoms with van der Waals surface area (Å²) >= 11 is 0. The molecule has 0 aromatic heterocycles. The van der Waals surface area contributed by atoms with Gasteiger partial charge in [-0.25, -0.2) is 0 Å². The van der Waals surface area contributed by atoms with Gasteiger partial charge in [0.05, 0.1) is 0 Å². The fourth-order valence-corrected chi connectivity index (χ4v) is 5.65. The smallest absolute Gasteiger partial charge is 0.0210 e. The second-order valence-electron chi connectivity index (χ2n) is 8.73. The molecule has 2 nitrogen and oxygen atoms in total. The molecule has 1 saturated heterocycles. The highest BCUT2D eigenvalue weighted by atomic mass is 15.2. The first-order valence-electron chi connectivity index (χ1n) is 8.49. The lowest BCUT2D eigenvalue weighted by molar-refractivity contribution is 0.0987. The molecule has 3 saturated carbocycles. The molecule has 108 valence electrons. The van der Waals surface area contributed by atoms with Crippen molar-refractivity contribution in [3.05, 3.63) is 0 Å². The molecule has 0 aromatic carbocycles. The van der Waals surface area contributed by atoms with Crippen LogP contribution < -0.4 is 5.32 Å². The molecule has 4 aliphatic rings. The predicted octanol–water partition coefficient (Wildman–Crippen LogP) is 3.03. The van der Waals surface area contributed by atoms with Gasteiger partial charge in [0.25, 0.3) is 0 Å². The van der Waals surface area contributed by atoms with E-state index in [-0.39, 0.29) is 0 Å². The topological polar surface area (TPSA) is 15.3 Å². The fourth-order valence-electron chi connectivity index (χ4n) is 5.65. The van der Waals surface area contributed by atoms with Crippen molar-refractivity contribution in [1.29, 1.82) is 0 Å². The summed E-state index contributed by atoms with van der Waals surface area (Å²) in [5.41, 5.74) is 1.10. The summed E-state index contributed by atoms with van der Waals surface area (Å²) in [6, 6.07) is 2.47. The van der Waals surface area contributed by atoms with E-state index >= 15 is 0 Å². The third-order valence-corrected chi connectivity index (χ3v) is 6.96. The molecule has 4 rings (SSSR count). The van der Waals surface area contributed by atoms with Gasteiger partial charge < -0.3 is 5.32 Å². The molecule has 0 spiro atoms. The van der Waals surface area contributed by atoms with Crippen LogP contribution >= 0.6 is 0 Å². The molecule has 19 heavy (non-hydrogen) atoms. The molecular weight excluding hydrogens is 232 g/mol. The normalized spacial score (nSPS) is 49.1. The largest absolute Gasteiger partial charge is 0.309 e. The Morgan fingerprint density at radius 3 is 2.47 bits per heavy atom. The maximum Gasteiger partial charge on any atom is 0.0210 e. The number of nitrogens with one attached hydrogen (secondary N) is 1. The van der Waals surface area contributed by atoms with Crippen LogP contribution in [0.4, 0.5) is 0 Å². The van der Waals surface area contributed by atoms with Gasteiger partial charge in [0.1, 0.15) is 0 Å². The van der Waals surface area contributed by atoms with Gasteiger partial charge in [0.15, 0.2) is 0 Å². The lowest BCUT2D eigenvalue weighted by atomic mass is 9.68. The van der Waals surface area contributed by atoms with E-state index < -0.39 is 0 Å². The van der Waals surface area contributed by atoms with Gasteiger partial charge in [-0.2, -0.15) is 0 Å². The van der Waals surface area contributed by atoms with Crippen LogP contribution in [0.25, 0.3) is 0 Å². The highest BCUT2D eigenvalue weighted by Gasteiger charge is 2.59. The second kappa shape index (κ2) is 3.98. The molecule has 0 radical (unpaired) electrons. The minimum absolute atomic E-state index is 0.514. The number of hydrogen-bond donors (Lipinski definition) is 1. The molecule has 4 unspecified atom stereocenters. The SMILES string of the molecule is CC12CCC(C1)C(C)(C)C2NC1CCN(C2CC2)C1. The standard InChI is InChI=1S/C17H30N2/c1-16(2)12-6-8-17(3,10-12)15(16)18-13-7-9-19(11-13)14-4-5-14/h12-15,18H,4-11H2,1-3H3. The lowest BCUT2D eigenvalue weighted by Crippen LogP contribution is -2.54. The molecule has 1 N–H and O–H groups in total. The van der Waals surface area contributed by atoms with Gasteiger partial charge in [-0.15, -0.1) is 0 Å². The van der Waals surface area contributed by atoms with Crippen molar-refractivity contribution in [3.63, 3.8) is 0 Å². The average molecular weight is 262 g/mol. The first-order chi connectivity index (χ1) is 8.99. The number of nitrogens with zero attached hydrogens (tertiary/aromatic N) is 1. The Balaban J connectivity index is 1.44. The van der Waals surface area contributed by atoms with E-state index in [9.17, 15) is 0 Å². The molecule has 0 aromatic rings. The van der Waals surface area contributed by atoms with Crippen LogP contribution in [0.3, 0.4) is 0 Å². The third kappa shape index (κ3) is 1.90. The summed E-state index contributed by atoms with van der Waals surface area (Å²) in [5, 5.41) is 4.11. The van der Waals surface area contributed by atoms with Crippen molar-refractivity contribution in [2.45, 2.75) is 77.4 Å². The van der Waals surface area contributed by atoms with Crippen LogP contribution in [0, 0.1) is 16.7 Å². The monoisotopic (exact) mass is 262 g/mol. The highest BCUT2D eigenvalue weighted by molar-refractivity contribution is 5.13. The fraction of sp³-hybridized carbons (Fsp3) is 1.00. The summed E-state index contributed by atoms with van der Waals surface area (Å²) in [4.78, 5) is 2.74. The predicted molar refractivity (Wildman–Crippen MR) is 79.2 cm³/mol. The van der Waals surface area contributed by atoms with Crippen LogP contribution in [0.15, 0.2) is 0 Å². The molecule has 2 heteroatoms. The average Bonchev–Trinajstić information content (AvgIpc) is 2.90. The zero-order valence-corrected chi connectivity index (χ0v) is 12.9. The summed E-state index contributed by atoms with van der Waals surface area (Å²) in [6.45, 7) is 10.3. The quantitative estimate of drug-likeness (QED) is 0.841. The van der Waals surface area contributed by atoms with Crippen molar-refractivity contribution >= 4 is 0 Å². The molecule has 4 atom stereocenters. The van der Waals surface area contributed by atoms with E-state index in [1.165, 1.54) is 51.6 Å². The van der Waals surface area contributed by atoms with Gasteiger partial charge in [0.2, 0.25) is 0 Å². The number of rotatable bonds is 3. The van der Waals surface area contributed by atoms with E-state index in [0.717, 1.165) is 24.0 Å². The van der Waals surface area contributed by atoms with Crippen molar-refractivity contribution in [3.8, 4) is 0 Å². The molecule has 3 aliphatic carbocycles. The Labute approximate surface area is 118 Å². The van der Waals surface area contributed by atoms with Crippen LogP contribution in [-0.2, 0) is 0 Å². The van der Waals surface area contributed by atoms with Crippen LogP contribution in [0.5, 0.6) is 0 Å². The number of likely N-dealkylation sites (tertiary alicyclic amines) is 1. The van der Waals surface area contributed by atoms with Gasteiger partial charge >= 0.3 is 0 Å². The Hall–Kier alpha value is -0.0800. The van der Waals surface area contributed by atoms with Gasteiger partial charge in [-0.1, -0.05) is 20.8 Å². The van der Waals surface area contributed by atoms with Gasteiger partial charge in [-0.05, 0) is 55.3 Å². The Bertz CT molecular complexity index is 369. The van der Waals surface area contributed by atoms with Crippen LogP contribution in [0.2, 0.25) is 0 Å². The van der Waals surface area contributed by atoms with E-state index in [0.29, 0.717) is 10.8 Å². The minimum Gasteiger partial charge on any atom is -0.309 e. The Morgan fingerprint density at radius 1 is 1.05 bits per heavy atom. The summed E-state index contributed by atoms with van der Waals surface area (Å²) in [6.07, 6.45) is 8.70. The van der Waals surface area contributed by atoms with Crippen molar-refractivity contribution in [2.75, 3.05) is 13.1 Å². The molecule has 4 fully saturated rings. The van der Waals surface area contributed by atoms with E-state index in [1.54, 1.807) is 0 Å². The van der Waals surface area contributed by atoms with Gasteiger partial charge in [0, 0.05) is 31.2 Å². The van der Waals surface area contributed by atoms with Crippen molar-refractivity contribution in [2.24, 2.45) is 16.7 Å². The second-order valence-corrected chi connectivity index (χ2v) is 8.73. The van der Waals surface area contributed by atoms with Crippen molar-refractivity contribution in [1.82, 2.24) is 10.2 Å². The summed E-state index contributed by atoms with van der Waals surface area (Å²) in [7, 11) is 0. The summed E-state index contributed by atoms with van der Waals surface area (Å²) < 4.78 is 0. The Kier molecular flexibility index (Phi) is 2.65. The van der Waals surface area contributed by atoms with E-state index in [4.69, 9.17) is 0 Å².